The molecule has 0 aromatic carbocycles. The van der Waals surface area contributed by atoms with Crippen LogP contribution in [-0.4, -0.2) is 16.5 Å². The van der Waals surface area contributed by atoms with Gasteiger partial charge in [0.2, 0.25) is 0 Å². The van der Waals surface area contributed by atoms with Crippen molar-refractivity contribution in [2.45, 2.75) is 58.3 Å². The standard InChI is InChI=1S/C16H25N3O/c1-10(2)11-5-7-12(8-6-11)14-18-15-13(16(20)19-14)4-3-9-17-15/h10-12H,3-9H2,1-2H3,(H2,17,18,19,20). The van der Waals surface area contributed by atoms with Crippen LogP contribution in [0.1, 0.15) is 63.3 Å². The summed E-state index contributed by atoms with van der Waals surface area (Å²) < 4.78 is 0. The fourth-order valence-electron chi connectivity index (χ4n) is 3.62. The van der Waals surface area contributed by atoms with Crippen LogP contribution in [0.5, 0.6) is 0 Å². The van der Waals surface area contributed by atoms with Gasteiger partial charge in [-0.3, -0.25) is 4.79 Å². The minimum atomic E-state index is 0.0724. The molecule has 0 amide bonds. The van der Waals surface area contributed by atoms with Crippen LogP contribution in [0.3, 0.4) is 0 Å². The first-order valence-corrected chi connectivity index (χ1v) is 8.02. The number of aromatic nitrogens is 2. The lowest BCUT2D eigenvalue weighted by molar-refractivity contribution is 0.254. The van der Waals surface area contributed by atoms with E-state index in [9.17, 15) is 4.79 Å². The van der Waals surface area contributed by atoms with Crippen LogP contribution < -0.4 is 10.9 Å². The maximum absolute atomic E-state index is 12.2. The Morgan fingerprint density at radius 1 is 1.20 bits per heavy atom. The number of anilines is 1. The van der Waals surface area contributed by atoms with Crippen molar-refractivity contribution >= 4 is 5.82 Å². The van der Waals surface area contributed by atoms with E-state index < -0.39 is 0 Å². The average Bonchev–Trinajstić information content (AvgIpc) is 2.47. The summed E-state index contributed by atoms with van der Waals surface area (Å²) in [4.78, 5) is 19.9. The van der Waals surface area contributed by atoms with Gasteiger partial charge < -0.3 is 10.3 Å². The Kier molecular flexibility index (Phi) is 3.81. The van der Waals surface area contributed by atoms with Crippen LogP contribution in [0.25, 0.3) is 0 Å². The lowest BCUT2D eigenvalue weighted by atomic mass is 9.76. The summed E-state index contributed by atoms with van der Waals surface area (Å²) >= 11 is 0. The maximum atomic E-state index is 12.2. The maximum Gasteiger partial charge on any atom is 0.256 e. The summed E-state index contributed by atoms with van der Waals surface area (Å²) in [7, 11) is 0. The minimum absolute atomic E-state index is 0.0724. The second-order valence-corrected chi connectivity index (χ2v) is 6.66. The lowest BCUT2D eigenvalue weighted by Gasteiger charge is -2.30. The number of fused-ring (bicyclic) bond motifs is 1. The summed E-state index contributed by atoms with van der Waals surface area (Å²) in [5, 5.41) is 3.28. The number of rotatable bonds is 2. The van der Waals surface area contributed by atoms with E-state index in [1.54, 1.807) is 0 Å². The SMILES string of the molecule is CC(C)C1CCC(c2nc3c(c(=O)[nH]2)CCCN3)CC1. The molecule has 0 bridgehead atoms. The minimum Gasteiger partial charge on any atom is -0.370 e. The second-order valence-electron chi connectivity index (χ2n) is 6.66. The number of nitrogens with zero attached hydrogens (tertiary/aromatic N) is 1. The highest BCUT2D eigenvalue weighted by molar-refractivity contribution is 5.45. The molecule has 1 aliphatic heterocycles. The largest absolute Gasteiger partial charge is 0.370 e. The first-order valence-electron chi connectivity index (χ1n) is 8.02. The molecule has 1 aromatic rings. The molecule has 0 radical (unpaired) electrons. The molecule has 0 unspecified atom stereocenters. The summed E-state index contributed by atoms with van der Waals surface area (Å²) in [6.45, 7) is 5.56. The lowest BCUT2D eigenvalue weighted by Crippen LogP contribution is -2.27. The van der Waals surface area contributed by atoms with Crippen molar-refractivity contribution in [2.24, 2.45) is 11.8 Å². The molecule has 1 aliphatic carbocycles. The Balaban J connectivity index is 1.78. The highest BCUT2D eigenvalue weighted by atomic mass is 16.1. The van der Waals surface area contributed by atoms with E-state index in [4.69, 9.17) is 4.98 Å². The number of aromatic amines is 1. The molecule has 0 saturated heterocycles. The van der Waals surface area contributed by atoms with Crippen molar-refractivity contribution in [1.82, 2.24) is 9.97 Å². The zero-order valence-electron chi connectivity index (χ0n) is 12.5. The van der Waals surface area contributed by atoms with E-state index in [1.807, 2.05) is 0 Å². The molecule has 2 heterocycles. The van der Waals surface area contributed by atoms with Crippen molar-refractivity contribution < 1.29 is 0 Å². The first-order chi connectivity index (χ1) is 9.65. The van der Waals surface area contributed by atoms with E-state index in [0.29, 0.717) is 5.92 Å². The van der Waals surface area contributed by atoms with Gasteiger partial charge >= 0.3 is 0 Å². The van der Waals surface area contributed by atoms with Gasteiger partial charge in [0, 0.05) is 12.5 Å². The van der Waals surface area contributed by atoms with Crippen molar-refractivity contribution in [1.29, 1.82) is 0 Å². The normalized spacial score (nSPS) is 26.1. The number of nitrogens with one attached hydrogen (secondary N) is 2. The monoisotopic (exact) mass is 275 g/mol. The Hall–Kier alpha value is -1.32. The third-order valence-electron chi connectivity index (χ3n) is 5.03. The molecule has 1 saturated carbocycles. The molecule has 4 heteroatoms. The van der Waals surface area contributed by atoms with E-state index in [2.05, 4.69) is 24.1 Å². The van der Waals surface area contributed by atoms with E-state index in [0.717, 1.165) is 61.3 Å². The molecule has 2 aliphatic rings. The summed E-state index contributed by atoms with van der Waals surface area (Å²) in [5.74, 6) is 3.79. The fourth-order valence-corrected chi connectivity index (χ4v) is 3.62. The van der Waals surface area contributed by atoms with Crippen LogP contribution in [0.4, 0.5) is 5.82 Å². The summed E-state index contributed by atoms with van der Waals surface area (Å²) in [6, 6.07) is 0. The zero-order valence-corrected chi connectivity index (χ0v) is 12.5. The predicted octanol–water partition coefficient (Wildman–Crippen LogP) is 3.06. The predicted molar refractivity (Wildman–Crippen MR) is 81.2 cm³/mol. The third-order valence-corrected chi connectivity index (χ3v) is 5.03. The molecule has 4 nitrogen and oxygen atoms in total. The van der Waals surface area contributed by atoms with Crippen LogP contribution in [0, 0.1) is 11.8 Å². The molecular formula is C16H25N3O. The van der Waals surface area contributed by atoms with E-state index in [1.165, 1.54) is 12.8 Å². The highest BCUT2D eigenvalue weighted by Gasteiger charge is 2.27. The van der Waals surface area contributed by atoms with Crippen molar-refractivity contribution in [2.75, 3.05) is 11.9 Å². The Morgan fingerprint density at radius 2 is 1.95 bits per heavy atom. The Labute approximate surface area is 120 Å². The highest BCUT2D eigenvalue weighted by Crippen LogP contribution is 2.37. The number of H-pyrrole nitrogens is 1. The van der Waals surface area contributed by atoms with Gasteiger partial charge in [-0.25, -0.2) is 4.98 Å². The molecule has 110 valence electrons. The van der Waals surface area contributed by atoms with Gasteiger partial charge in [-0.15, -0.1) is 0 Å². The Morgan fingerprint density at radius 3 is 2.65 bits per heavy atom. The molecule has 1 aromatic heterocycles. The molecule has 20 heavy (non-hydrogen) atoms. The quantitative estimate of drug-likeness (QED) is 0.872. The third kappa shape index (κ3) is 2.60. The van der Waals surface area contributed by atoms with Gasteiger partial charge in [-0.05, 0) is 50.4 Å². The average molecular weight is 275 g/mol. The van der Waals surface area contributed by atoms with Crippen LogP contribution in [0.2, 0.25) is 0 Å². The van der Waals surface area contributed by atoms with E-state index in [-0.39, 0.29) is 5.56 Å². The summed E-state index contributed by atoms with van der Waals surface area (Å²) in [5.41, 5.74) is 0.916. The molecule has 0 atom stereocenters. The van der Waals surface area contributed by atoms with Gasteiger partial charge in [0.05, 0.1) is 5.56 Å². The van der Waals surface area contributed by atoms with Gasteiger partial charge in [0.25, 0.3) is 5.56 Å². The van der Waals surface area contributed by atoms with Gasteiger partial charge in [0.1, 0.15) is 11.6 Å². The van der Waals surface area contributed by atoms with Gasteiger partial charge in [-0.1, -0.05) is 13.8 Å². The molecule has 3 rings (SSSR count). The number of hydrogen-bond acceptors (Lipinski definition) is 3. The molecular weight excluding hydrogens is 250 g/mol. The number of hydrogen-bond donors (Lipinski definition) is 2. The smallest absolute Gasteiger partial charge is 0.256 e. The van der Waals surface area contributed by atoms with Gasteiger partial charge in [-0.2, -0.15) is 0 Å². The molecule has 1 fully saturated rings. The first kappa shape index (κ1) is 13.7. The molecule has 0 spiro atoms. The van der Waals surface area contributed by atoms with Crippen molar-refractivity contribution in [3.05, 3.63) is 21.7 Å². The summed E-state index contributed by atoms with van der Waals surface area (Å²) in [6.07, 6.45) is 6.71. The fraction of sp³-hybridized carbons (Fsp3) is 0.750. The van der Waals surface area contributed by atoms with Gasteiger partial charge in [0.15, 0.2) is 0 Å². The second kappa shape index (κ2) is 5.58. The molecule has 2 N–H and O–H groups in total. The van der Waals surface area contributed by atoms with Crippen LogP contribution in [0.15, 0.2) is 4.79 Å². The van der Waals surface area contributed by atoms with Crippen LogP contribution in [-0.2, 0) is 6.42 Å². The van der Waals surface area contributed by atoms with Crippen molar-refractivity contribution in [3.63, 3.8) is 0 Å². The van der Waals surface area contributed by atoms with Crippen LogP contribution >= 0.6 is 0 Å². The van der Waals surface area contributed by atoms with E-state index >= 15 is 0 Å². The zero-order chi connectivity index (χ0) is 14.1. The topological polar surface area (TPSA) is 57.8 Å². The van der Waals surface area contributed by atoms with Crippen molar-refractivity contribution in [3.8, 4) is 0 Å². The Bertz CT molecular complexity index is 527.